The highest BCUT2D eigenvalue weighted by atomic mass is 28.3. The van der Waals surface area contributed by atoms with Gasteiger partial charge in [0.15, 0.2) is 0 Å². The van der Waals surface area contributed by atoms with E-state index < -0.39 is 19.7 Å². The van der Waals surface area contributed by atoms with E-state index in [1.165, 1.54) is 11.3 Å². The van der Waals surface area contributed by atoms with Gasteiger partial charge in [-0.2, -0.15) is 0 Å². The SMILES string of the molecule is C[Si](C)(C)c1ccc(CNc2cc(F)ccc2F)cc1. The quantitative estimate of drug-likeness (QED) is 0.836. The van der Waals surface area contributed by atoms with Gasteiger partial charge >= 0.3 is 0 Å². The maximum Gasteiger partial charge on any atom is 0.146 e. The summed E-state index contributed by atoms with van der Waals surface area (Å²) in [5.74, 6) is -0.881. The van der Waals surface area contributed by atoms with Crippen molar-refractivity contribution < 1.29 is 8.78 Å². The molecule has 1 N–H and O–H groups in total. The molecule has 0 aliphatic rings. The first-order chi connectivity index (χ1) is 9.36. The molecule has 0 saturated carbocycles. The number of anilines is 1. The van der Waals surface area contributed by atoms with Crippen LogP contribution in [0.5, 0.6) is 0 Å². The minimum atomic E-state index is -1.29. The van der Waals surface area contributed by atoms with Crippen LogP contribution in [0.2, 0.25) is 19.6 Å². The Hall–Kier alpha value is -1.68. The van der Waals surface area contributed by atoms with Gasteiger partial charge in [-0.25, -0.2) is 8.78 Å². The van der Waals surface area contributed by atoms with Crippen molar-refractivity contribution in [3.63, 3.8) is 0 Å². The molecule has 0 fully saturated rings. The Kier molecular flexibility index (Phi) is 4.23. The molecule has 2 rings (SSSR count). The molecule has 0 radical (unpaired) electrons. The van der Waals surface area contributed by atoms with Crippen LogP contribution in [0.3, 0.4) is 0 Å². The molecule has 2 aromatic carbocycles. The molecule has 0 spiro atoms. The molecule has 0 saturated heterocycles. The van der Waals surface area contributed by atoms with E-state index in [0.29, 0.717) is 6.54 Å². The summed E-state index contributed by atoms with van der Waals surface area (Å²) in [4.78, 5) is 0. The lowest BCUT2D eigenvalue weighted by Gasteiger charge is -2.17. The second kappa shape index (κ2) is 5.75. The van der Waals surface area contributed by atoms with Crippen molar-refractivity contribution in [3.8, 4) is 0 Å². The Morgan fingerprint density at radius 1 is 0.950 bits per heavy atom. The Labute approximate surface area is 119 Å². The summed E-state index contributed by atoms with van der Waals surface area (Å²) in [6.45, 7) is 7.36. The molecule has 1 nitrogen and oxygen atoms in total. The standard InChI is InChI=1S/C16H19F2NSi/c1-20(2,3)14-7-4-12(5-8-14)11-19-16-10-13(17)6-9-15(16)18/h4-10,19H,11H2,1-3H3. The average molecular weight is 291 g/mol. The van der Waals surface area contributed by atoms with Crippen LogP contribution in [0.15, 0.2) is 42.5 Å². The second-order valence-electron chi connectivity index (χ2n) is 5.92. The predicted molar refractivity (Wildman–Crippen MR) is 83.1 cm³/mol. The van der Waals surface area contributed by atoms with E-state index in [1.54, 1.807) is 0 Å². The first-order valence-corrected chi connectivity index (χ1v) is 10.1. The van der Waals surface area contributed by atoms with Crippen LogP contribution >= 0.6 is 0 Å². The van der Waals surface area contributed by atoms with Crippen molar-refractivity contribution in [2.45, 2.75) is 26.2 Å². The summed E-state index contributed by atoms with van der Waals surface area (Å²) >= 11 is 0. The molecule has 0 aromatic heterocycles. The third kappa shape index (κ3) is 3.67. The van der Waals surface area contributed by atoms with Gasteiger partial charge in [0.2, 0.25) is 0 Å². The first-order valence-electron chi connectivity index (χ1n) is 6.64. The van der Waals surface area contributed by atoms with Gasteiger partial charge in [0.1, 0.15) is 11.6 Å². The molecule has 0 heterocycles. The predicted octanol–water partition coefficient (Wildman–Crippen LogP) is 4.12. The van der Waals surface area contributed by atoms with E-state index >= 15 is 0 Å². The van der Waals surface area contributed by atoms with Crippen LogP contribution < -0.4 is 10.5 Å². The first kappa shape index (κ1) is 14.7. The largest absolute Gasteiger partial charge is 0.379 e. The van der Waals surface area contributed by atoms with Gasteiger partial charge in [-0.1, -0.05) is 49.1 Å². The van der Waals surface area contributed by atoms with Crippen molar-refractivity contribution in [2.75, 3.05) is 5.32 Å². The van der Waals surface area contributed by atoms with E-state index in [0.717, 1.165) is 17.7 Å². The summed E-state index contributed by atoms with van der Waals surface area (Å²) in [6.07, 6.45) is 0. The molecule has 0 aliphatic heterocycles. The van der Waals surface area contributed by atoms with Crippen molar-refractivity contribution in [3.05, 3.63) is 59.7 Å². The maximum atomic E-state index is 13.5. The third-order valence-corrected chi connectivity index (χ3v) is 5.30. The molecular weight excluding hydrogens is 272 g/mol. The van der Waals surface area contributed by atoms with Gasteiger partial charge in [-0.15, -0.1) is 0 Å². The highest BCUT2D eigenvalue weighted by molar-refractivity contribution is 6.88. The molecule has 0 aliphatic carbocycles. The summed E-state index contributed by atoms with van der Waals surface area (Å²) in [7, 11) is -1.29. The Balaban J connectivity index is 2.06. The maximum absolute atomic E-state index is 13.5. The van der Waals surface area contributed by atoms with E-state index in [2.05, 4.69) is 37.1 Å². The third-order valence-electron chi connectivity index (χ3n) is 3.23. The fraction of sp³-hybridized carbons (Fsp3) is 0.250. The molecule has 4 heteroatoms. The molecular formula is C16H19F2NSi. The summed E-state index contributed by atoms with van der Waals surface area (Å²) < 4.78 is 26.5. The van der Waals surface area contributed by atoms with Gasteiger partial charge in [0, 0.05) is 6.54 Å². The molecule has 0 amide bonds. The number of hydrogen-bond acceptors (Lipinski definition) is 1. The summed E-state index contributed by atoms with van der Waals surface area (Å²) in [6, 6.07) is 11.8. The highest BCUT2D eigenvalue weighted by Crippen LogP contribution is 2.16. The van der Waals surface area contributed by atoms with Crippen molar-refractivity contribution in [1.29, 1.82) is 0 Å². The van der Waals surface area contributed by atoms with Crippen LogP contribution in [-0.4, -0.2) is 8.07 Å². The van der Waals surface area contributed by atoms with Gasteiger partial charge in [-0.3, -0.25) is 0 Å². The Morgan fingerprint density at radius 2 is 1.60 bits per heavy atom. The van der Waals surface area contributed by atoms with E-state index in [-0.39, 0.29) is 5.69 Å². The number of benzene rings is 2. The van der Waals surface area contributed by atoms with Gasteiger partial charge in [0.05, 0.1) is 13.8 Å². The minimum Gasteiger partial charge on any atom is -0.379 e. The number of nitrogens with one attached hydrogen (secondary N) is 1. The molecule has 2 aromatic rings. The van der Waals surface area contributed by atoms with Gasteiger partial charge in [-0.05, 0) is 23.8 Å². The smallest absolute Gasteiger partial charge is 0.146 e. The zero-order chi connectivity index (χ0) is 14.8. The second-order valence-corrected chi connectivity index (χ2v) is 11.0. The average Bonchev–Trinajstić information content (AvgIpc) is 2.39. The highest BCUT2D eigenvalue weighted by Gasteiger charge is 2.15. The van der Waals surface area contributed by atoms with Crippen LogP contribution in [0.4, 0.5) is 14.5 Å². The minimum absolute atomic E-state index is 0.194. The van der Waals surface area contributed by atoms with Gasteiger partial charge in [0.25, 0.3) is 0 Å². The lowest BCUT2D eigenvalue weighted by Crippen LogP contribution is -2.37. The van der Waals surface area contributed by atoms with Crippen LogP contribution in [0.25, 0.3) is 0 Å². The molecule has 0 atom stereocenters. The van der Waals surface area contributed by atoms with Crippen molar-refractivity contribution >= 4 is 18.9 Å². The number of hydrogen-bond donors (Lipinski definition) is 1. The van der Waals surface area contributed by atoms with Crippen molar-refractivity contribution in [2.24, 2.45) is 0 Å². The molecule has 0 unspecified atom stereocenters. The molecule has 20 heavy (non-hydrogen) atoms. The number of halogens is 2. The Bertz CT molecular complexity index is 588. The zero-order valence-corrected chi connectivity index (χ0v) is 13.0. The van der Waals surface area contributed by atoms with E-state index in [4.69, 9.17) is 0 Å². The lowest BCUT2D eigenvalue weighted by molar-refractivity contribution is 0.602. The van der Waals surface area contributed by atoms with Crippen molar-refractivity contribution in [1.82, 2.24) is 0 Å². The van der Waals surface area contributed by atoms with Gasteiger partial charge < -0.3 is 5.32 Å². The fourth-order valence-corrected chi connectivity index (χ4v) is 3.12. The van der Waals surface area contributed by atoms with Crippen LogP contribution in [0.1, 0.15) is 5.56 Å². The van der Waals surface area contributed by atoms with Crippen LogP contribution in [0, 0.1) is 11.6 Å². The Morgan fingerprint density at radius 3 is 2.20 bits per heavy atom. The molecule has 106 valence electrons. The summed E-state index contributed by atoms with van der Waals surface area (Å²) in [5, 5.41) is 4.31. The fourth-order valence-electron chi connectivity index (χ4n) is 1.95. The molecule has 0 bridgehead atoms. The van der Waals surface area contributed by atoms with E-state index in [9.17, 15) is 8.78 Å². The monoisotopic (exact) mass is 291 g/mol. The summed E-state index contributed by atoms with van der Waals surface area (Å²) in [5.41, 5.74) is 1.25. The zero-order valence-electron chi connectivity index (χ0n) is 12.0. The van der Waals surface area contributed by atoms with Crippen LogP contribution in [-0.2, 0) is 6.54 Å². The normalized spacial score (nSPS) is 11.4. The topological polar surface area (TPSA) is 12.0 Å². The van der Waals surface area contributed by atoms with E-state index in [1.807, 2.05) is 12.1 Å². The number of rotatable bonds is 4. The lowest BCUT2D eigenvalue weighted by atomic mass is 10.2.